The minimum absolute atomic E-state index is 0.0430. The molecule has 0 radical (unpaired) electrons. The molecule has 1 aromatic rings. The lowest BCUT2D eigenvalue weighted by atomic mass is 10.1. The zero-order valence-electron chi connectivity index (χ0n) is 16.0. The van der Waals surface area contributed by atoms with Gasteiger partial charge < -0.3 is 9.80 Å². The molecule has 1 heterocycles. The van der Waals surface area contributed by atoms with Crippen LogP contribution in [0.3, 0.4) is 0 Å². The molecule has 2 amide bonds. The van der Waals surface area contributed by atoms with Crippen LogP contribution in [0.25, 0.3) is 0 Å². The van der Waals surface area contributed by atoms with Gasteiger partial charge in [0.25, 0.3) is 5.91 Å². The zero-order chi connectivity index (χ0) is 20.9. The van der Waals surface area contributed by atoms with Crippen molar-refractivity contribution in [1.29, 1.82) is 0 Å². The van der Waals surface area contributed by atoms with Crippen LogP contribution < -0.4 is 0 Å². The van der Waals surface area contributed by atoms with E-state index in [1.165, 1.54) is 24.3 Å². The predicted octanol–water partition coefficient (Wildman–Crippen LogP) is 2.63. The Kier molecular flexibility index (Phi) is 7.40. The molecule has 0 atom stereocenters. The van der Waals surface area contributed by atoms with Crippen LogP contribution in [0.15, 0.2) is 24.3 Å². The van der Waals surface area contributed by atoms with E-state index < -0.39 is 24.4 Å². The summed E-state index contributed by atoms with van der Waals surface area (Å²) < 4.78 is 51.2. The molecular weight excluding hydrogens is 378 g/mol. The first-order chi connectivity index (χ1) is 13.0. The van der Waals surface area contributed by atoms with Crippen molar-refractivity contribution in [2.24, 2.45) is 5.92 Å². The summed E-state index contributed by atoms with van der Waals surface area (Å²) in [5.74, 6) is -1.30. The Bertz CT molecular complexity index is 669. The minimum Gasteiger partial charge on any atom is -0.336 e. The second-order valence-corrected chi connectivity index (χ2v) is 7.36. The van der Waals surface area contributed by atoms with Gasteiger partial charge in [-0.05, 0) is 30.2 Å². The van der Waals surface area contributed by atoms with Crippen LogP contribution in [0.5, 0.6) is 0 Å². The molecule has 0 spiro atoms. The molecule has 0 aliphatic carbocycles. The number of nitrogens with zero attached hydrogens (tertiary/aromatic N) is 3. The van der Waals surface area contributed by atoms with Gasteiger partial charge in [-0.15, -0.1) is 0 Å². The average Bonchev–Trinajstić information content (AvgIpc) is 2.60. The van der Waals surface area contributed by atoms with Crippen LogP contribution in [0.1, 0.15) is 24.2 Å². The second-order valence-electron chi connectivity index (χ2n) is 7.36. The number of hydrogen-bond donors (Lipinski definition) is 0. The molecule has 5 nitrogen and oxygen atoms in total. The summed E-state index contributed by atoms with van der Waals surface area (Å²) in [7, 11) is 0. The van der Waals surface area contributed by atoms with E-state index in [-0.39, 0.29) is 24.9 Å². The molecule has 1 aromatic carbocycles. The van der Waals surface area contributed by atoms with E-state index in [1.807, 2.05) is 0 Å². The third-order valence-corrected chi connectivity index (χ3v) is 4.42. The number of benzene rings is 1. The highest BCUT2D eigenvalue weighted by Gasteiger charge is 2.34. The van der Waals surface area contributed by atoms with Crippen molar-refractivity contribution in [3.63, 3.8) is 0 Å². The van der Waals surface area contributed by atoms with Crippen molar-refractivity contribution in [2.75, 3.05) is 45.8 Å². The van der Waals surface area contributed by atoms with E-state index in [0.29, 0.717) is 31.7 Å². The highest BCUT2D eigenvalue weighted by molar-refractivity contribution is 5.94. The van der Waals surface area contributed by atoms with Crippen LogP contribution in [-0.2, 0) is 4.79 Å². The first kappa shape index (κ1) is 22.1. The molecule has 9 heteroatoms. The zero-order valence-corrected chi connectivity index (χ0v) is 16.0. The Morgan fingerprint density at radius 2 is 1.64 bits per heavy atom. The summed E-state index contributed by atoms with van der Waals surface area (Å²) in [5.41, 5.74) is 0.374. The molecule has 28 heavy (non-hydrogen) atoms. The Labute approximate surface area is 161 Å². The van der Waals surface area contributed by atoms with Gasteiger partial charge in [0, 0.05) is 38.3 Å². The van der Waals surface area contributed by atoms with Crippen molar-refractivity contribution < 1.29 is 27.2 Å². The summed E-state index contributed by atoms with van der Waals surface area (Å²) in [6.07, 6.45) is -4.44. The number of alkyl halides is 3. The highest BCUT2D eigenvalue weighted by Crippen LogP contribution is 2.18. The summed E-state index contributed by atoms with van der Waals surface area (Å²) in [6.45, 7) is 3.68. The van der Waals surface area contributed by atoms with Crippen molar-refractivity contribution in [1.82, 2.24) is 14.7 Å². The maximum atomic E-state index is 13.0. The van der Waals surface area contributed by atoms with Crippen molar-refractivity contribution >= 4 is 11.8 Å². The van der Waals surface area contributed by atoms with Crippen LogP contribution >= 0.6 is 0 Å². The minimum atomic E-state index is -4.44. The number of carbonyl (C=O) groups is 2. The van der Waals surface area contributed by atoms with E-state index in [1.54, 1.807) is 23.6 Å². The van der Waals surface area contributed by atoms with Gasteiger partial charge in [-0.2, -0.15) is 13.2 Å². The smallest absolute Gasteiger partial charge is 0.336 e. The topological polar surface area (TPSA) is 43.9 Å². The Hall–Kier alpha value is -2.16. The maximum absolute atomic E-state index is 13.0. The number of amides is 2. The van der Waals surface area contributed by atoms with Crippen molar-refractivity contribution in [3.8, 4) is 0 Å². The molecule has 0 bridgehead atoms. The molecule has 0 N–H and O–H groups in total. The fourth-order valence-electron chi connectivity index (χ4n) is 3.09. The standard InChI is InChI=1S/C19H25F4N3O2/c1-14(2)11-26(13-19(21,22)23)17(27)12-24-7-9-25(10-8-24)18(28)15-3-5-16(20)6-4-15/h3-6,14H,7-13H2,1-2H3. The molecule has 0 saturated carbocycles. The molecule has 2 rings (SSSR count). The molecule has 0 aromatic heterocycles. The fourth-order valence-corrected chi connectivity index (χ4v) is 3.09. The number of hydrogen-bond acceptors (Lipinski definition) is 3. The van der Waals surface area contributed by atoms with Gasteiger partial charge in [0.15, 0.2) is 0 Å². The lowest BCUT2D eigenvalue weighted by molar-refractivity contribution is -0.163. The number of halogens is 4. The Morgan fingerprint density at radius 3 is 2.14 bits per heavy atom. The Balaban J connectivity index is 1.88. The molecule has 1 aliphatic heterocycles. The quantitative estimate of drug-likeness (QED) is 0.686. The summed E-state index contributed by atoms with van der Waals surface area (Å²) in [4.78, 5) is 29.0. The lowest BCUT2D eigenvalue weighted by Gasteiger charge is -2.35. The molecule has 1 fully saturated rings. The third kappa shape index (κ3) is 6.78. The summed E-state index contributed by atoms with van der Waals surface area (Å²) in [6, 6.07) is 5.25. The SMILES string of the molecule is CC(C)CN(CC(F)(F)F)C(=O)CN1CCN(C(=O)c2ccc(F)cc2)CC1. The van der Waals surface area contributed by atoms with Gasteiger partial charge in [-0.25, -0.2) is 4.39 Å². The van der Waals surface area contributed by atoms with Gasteiger partial charge in [-0.1, -0.05) is 13.8 Å². The summed E-state index contributed by atoms with van der Waals surface area (Å²) in [5, 5.41) is 0. The first-order valence-corrected chi connectivity index (χ1v) is 9.17. The highest BCUT2D eigenvalue weighted by atomic mass is 19.4. The van der Waals surface area contributed by atoms with Crippen molar-refractivity contribution in [3.05, 3.63) is 35.6 Å². The van der Waals surface area contributed by atoms with Crippen LogP contribution in [0.2, 0.25) is 0 Å². The van der Waals surface area contributed by atoms with Gasteiger partial charge in [0.05, 0.1) is 6.54 Å². The van der Waals surface area contributed by atoms with E-state index in [2.05, 4.69) is 0 Å². The van der Waals surface area contributed by atoms with Crippen LogP contribution in [-0.4, -0.2) is 78.5 Å². The van der Waals surface area contributed by atoms with Gasteiger partial charge in [0.1, 0.15) is 12.4 Å². The molecule has 1 saturated heterocycles. The van der Waals surface area contributed by atoms with E-state index in [9.17, 15) is 27.2 Å². The van der Waals surface area contributed by atoms with Crippen molar-refractivity contribution in [2.45, 2.75) is 20.0 Å². The van der Waals surface area contributed by atoms with Crippen LogP contribution in [0, 0.1) is 11.7 Å². The monoisotopic (exact) mass is 403 g/mol. The largest absolute Gasteiger partial charge is 0.406 e. The molecule has 1 aliphatic rings. The third-order valence-electron chi connectivity index (χ3n) is 4.42. The van der Waals surface area contributed by atoms with E-state index in [4.69, 9.17) is 0 Å². The second kappa shape index (κ2) is 9.36. The lowest BCUT2D eigenvalue weighted by Crippen LogP contribution is -2.52. The maximum Gasteiger partial charge on any atom is 0.406 e. The first-order valence-electron chi connectivity index (χ1n) is 9.17. The molecular formula is C19H25F4N3O2. The predicted molar refractivity (Wildman–Crippen MR) is 96.2 cm³/mol. The van der Waals surface area contributed by atoms with Crippen LogP contribution in [0.4, 0.5) is 17.6 Å². The number of rotatable bonds is 6. The normalized spacial score (nSPS) is 15.8. The van der Waals surface area contributed by atoms with Gasteiger partial charge >= 0.3 is 6.18 Å². The molecule has 156 valence electrons. The van der Waals surface area contributed by atoms with Gasteiger partial charge in [0.2, 0.25) is 5.91 Å². The molecule has 0 unspecified atom stereocenters. The van der Waals surface area contributed by atoms with E-state index >= 15 is 0 Å². The van der Waals surface area contributed by atoms with E-state index in [0.717, 1.165) is 4.90 Å². The Morgan fingerprint density at radius 1 is 1.07 bits per heavy atom. The number of carbonyl (C=O) groups excluding carboxylic acids is 2. The van der Waals surface area contributed by atoms with Gasteiger partial charge in [-0.3, -0.25) is 14.5 Å². The fraction of sp³-hybridized carbons (Fsp3) is 0.579. The summed E-state index contributed by atoms with van der Waals surface area (Å²) >= 11 is 0. The average molecular weight is 403 g/mol. The number of piperazine rings is 1.